The molecule has 3 heteroatoms. The molecule has 0 fully saturated rings. The van der Waals surface area contributed by atoms with E-state index in [-0.39, 0.29) is 5.41 Å². The molecule has 0 bridgehead atoms. The summed E-state index contributed by atoms with van der Waals surface area (Å²) in [5.74, 6) is 0. The molecule has 0 aliphatic heterocycles. The smallest absolute Gasteiger partial charge is 0.0547 e. The molecular weight excluding hydrogens is 793 g/mol. The molecule has 2 nitrogen and oxygen atoms in total. The number of para-hydroxylation sites is 2. The summed E-state index contributed by atoms with van der Waals surface area (Å²) in [5, 5.41) is 7.52. The van der Waals surface area contributed by atoms with E-state index in [0.29, 0.717) is 0 Å². The number of anilines is 3. The summed E-state index contributed by atoms with van der Waals surface area (Å²) >= 11 is 1.86. The molecule has 0 N–H and O–H groups in total. The molecule has 1 aliphatic rings. The first kappa shape index (κ1) is 36.9. The Morgan fingerprint density at radius 2 is 1.05 bits per heavy atom. The number of fused-ring (bicyclic) bond motifs is 10. The van der Waals surface area contributed by atoms with Crippen molar-refractivity contribution in [3.8, 4) is 39.1 Å². The van der Waals surface area contributed by atoms with Crippen LogP contribution in [-0.4, -0.2) is 4.57 Å². The van der Waals surface area contributed by atoms with Crippen molar-refractivity contribution in [1.29, 1.82) is 0 Å². The maximum Gasteiger partial charge on any atom is 0.0547 e. The zero-order chi connectivity index (χ0) is 42.5. The van der Waals surface area contributed by atoms with Crippen LogP contribution in [0.2, 0.25) is 0 Å². The zero-order valence-corrected chi connectivity index (χ0v) is 36.4. The topological polar surface area (TPSA) is 8.17 Å². The van der Waals surface area contributed by atoms with Gasteiger partial charge in [0.1, 0.15) is 0 Å². The number of nitrogens with zero attached hydrogens (tertiary/aromatic N) is 2. The number of thiophene rings is 1. The summed E-state index contributed by atoms with van der Waals surface area (Å²) in [6.45, 7) is 4.70. The summed E-state index contributed by atoms with van der Waals surface area (Å²) in [4.78, 5) is 2.47. The van der Waals surface area contributed by atoms with Crippen LogP contribution >= 0.6 is 11.3 Å². The van der Waals surface area contributed by atoms with Crippen molar-refractivity contribution in [1.82, 2.24) is 4.57 Å². The van der Waals surface area contributed by atoms with Gasteiger partial charge in [0.25, 0.3) is 0 Å². The number of hydrogen-bond donors (Lipinski definition) is 0. The second kappa shape index (κ2) is 14.2. The second-order valence-electron chi connectivity index (χ2n) is 17.7. The van der Waals surface area contributed by atoms with Gasteiger partial charge >= 0.3 is 0 Å². The van der Waals surface area contributed by atoms with Crippen molar-refractivity contribution in [2.75, 3.05) is 4.90 Å². The average Bonchev–Trinajstić information content (AvgIpc) is 3.96. The lowest BCUT2D eigenvalue weighted by Crippen LogP contribution is -2.14. The first-order chi connectivity index (χ1) is 31.5. The third kappa shape index (κ3) is 5.57. The molecule has 2 aromatic heterocycles. The Morgan fingerprint density at radius 1 is 0.391 bits per heavy atom. The lowest BCUT2D eigenvalue weighted by atomic mass is 9.82. The van der Waals surface area contributed by atoms with Crippen LogP contribution in [0.3, 0.4) is 0 Å². The lowest BCUT2D eigenvalue weighted by Gasteiger charge is -2.29. The van der Waals surface area contributed by atoms with Crippen molar-refractivity contribution in [3.63, 3.8) is 0 Å². The molecule has 0 saturated heterocycles. The van der Waals surface area contributed by atoms with Crippen molar-refractivity contribution in [2.45, 2.75) is 19.3 Å². The van der Waals surface area contributed by atoms with Gasteiger partial charge in [-0.3, -0.25) is 0 Å². The number of aromatic nitrogens is 1. The Hall–Kier alpha value is -7.72. The largest absolute Gasteiger partial charge is 0.309 e. The zero-order valence-electron chi connectivity index (χ0n) is 35.6. The van der Waals surface area contributed by atoms with E-state index >= 15 is 0 Å². The highest BCUT2D eigenvalue weighted by molar-refractivity contribution is 7.25. The first-order valence-electron chi connectivity index (χ1n) is 22.2. The number of benzene rings is 10. The third-order valence-corrected chi connectivity index (χ3v) is 14.9. The fourth-order valence-corrected chi connectivity index (χ4v) is 11.8. The second-order valence-corrected chi connectivity index (χ2v) is 18.8. The van der Waals surface area contributed by atoms with Gasteiger partial charge in [-0.15, -0.1) is 11.3 Å². The van der Waals surface area contributed by atoms with Crippen molar-refractivity contribution < 1.29 is 0 Å². The summed E-state index contributed by atoms with van der Waals surface area (Å²) < 4.78 is 5.08. The molecule has 0 spiro atoms. The van der Waals surface area contributed by atoms with E-state index in [1.54, 1.807) is 0 Å². The Balaban J connectivity index is 0.970. The molecule has 12 aromatic rings. The van der Waals surface area contributed by atoms with Gasteiger partial charge in [0, 0.05) is 58.7 Å². The van der Waals surface area contributed by atoms with Crippen LogP contribution in [0.1, 0.15) is 25.0 Å². The van der Waals surface area contributed by atoms with Gasteiger partial charge in [-0.1, -0.05) is 166 Å². The van der Waals surface area contributed by atoms with Gasteiger partial charge < -0.3 is 9.47 Å². The van der Waals surface area contributed by atoms with E-state index < -0.39 is 0 Å². The van der Waals surface area contributed by atoms with Crippen LogP contribution in [0, 0.1) is 0 Å². The van der Waals surface area contributed by atoms with Crippen LogP contribution in [-0.2, 0) is 5.41 Å². The normalized spacial score (nSPS) is 13.0. The standard InChI is InChI=1S/C61H42N2S/c1-61(2)53-24-9-5-21-47(53)51-37-43(30-33-54(51)61)63-57-26-11-7-22-48(57)49-32-29-41(36-58(49)63)40-17-13-18-42(35-40)46-20-6-10-25-55(46)62(56-27-14-16-39-15-3-4-19-45(39)56)44-31-34-60-52(38-44)50-23-8-12-28-59(50)64-60/h3-38H,1-2H3. The number of hydrogen-bond acceptors (Lipinski definition) is 2. The quantitative estimate of drug-likeness (QED) is 0.162. The van der Waals surface area contributed by atoms with Gasteiger partial charge in [0.05, 0.1) is 22.4 Å². The van der Waals surface area contributed by atoms with Crippen molar-refractivity contribution in [3.05, 3.63) is 230 Å². The molecule has 2 heterocycles. The Bertz CT molecular complexity index is 3840. The molecule has 1 aliphatic carbocycles. The molecule has 10 aromatic carbocycles. The van der Waals surface area contributed by atoms with Gasteiger partial charge in [0.2, 0.25) is 0 Å². The van der Waals surface area contributed by atoms with Gasteiger partial charge in [-0.05, 0) is 111 Å². The molecular formula is C61H42N2S. The van der Waals surface area contributed by atoms with Crippen LogP contribution in [0.25, 0.3) is 91.8 Å². The maximum absolute atomic E-state index is 2.47. The molecule has 64 heavy (non-hydrogen) atoms. The first-order valence-corrected chi connectivity index (χ1v) is 23.0. The Kier molecular flexibility index (Phi) is 8.16. The van der Waals surface area contributed by atoms with E-state index in [4.69, 9.17) is 0 Å². The maximum atomic E-state index is 2.47. The van der Waals surface area contributed by atoms with Gasteiger partial charge in [-0.2, -0.15) is 0 Å². The Morgan fingerprint density at radius 3 is 1.97 bits per heavy atom. The van der Waals surface area contributed by atoms with Crippen LogP contribution in [0.4, 0.5) is 17.1 Å². The molecule has 0 radical (unpaired) electrons. The summed E-state index contributed by atoms with van der Waals surface area (Å²) in [6, 6.07) is 81.0. The predicted octanol–water partition coefficient (Wildman–Crippen LogP) is 17.4. The van der Waals surface area contributed by atoms with Crippen LogP contribution in [0.5, 0.6) is 0 Å². The van der Waals surface area contributed by atoms with Gasteiger partial charge in [-0.25, -0.2) is 0 Å². The minimum absolute atomic E-state index is 0.0412. The highest BCUT2D eigenvalue weighted by Crippen LogP contribution is 2.50. The molecule has 13 rings (SSSR count). The predicted molar refractivity (Wildman–Crippen MR) is 274 cm³/mol. The minimum atomic E-state index is -0.0412. The SMILES string of the molecule is CC1(C)c2ccccc2-c2cc(-n3c4ccccc4c4ccc(-c5cccc(-c6ccccc6N(c6ccc7sc8ccccc8c7c6)c6cccc7ccccc67)c5)cc43)ccc21. The molecule has 0 saturated carbocycles. The van der Waals surface area contributed by atoms with Crippen molar-refractivity contribution in [2.24, 2.45) is 0 Å². The van der Waals surface area contributed by atoms with E-state index in [1.807, 2.05) is 11.3 Å². The van der Waals surface area contributed by atoms with E-state index in [9.17, 15) is 0 Å². The Labute approximate surface area is 376 Å². The summed E-state index contributed by atoms with van der Waals surface area (Å²) in [5.41, 5.74) is 17.1. The molecule has 0 amide bonds. The van der Waals surface area contributed by atoms with E-state index in [1.165, 1.54) is 103 Å². The minimum Gasteiger partial charge on any atom is -0.309 e. The highest BCUT2D eigenvalue weighted by atomic mass is 32.1. The van der Waals surface area contributed by atoms with Gasteiger partial charge in [0.15, 0.2) is 0 Å². The summed E-state index contributed by atoms with van der Waals surface area (Å²) in [7, 11) is 0. The van der Waals surface area contributed by atoms with Crippen LogP contribution < -0.4 is 4.90 Å². The molecule has 302 valence electrons. The third-order valence-electron chi connectivity index (χ3n) is 13.8. The summed E-state index contributed by atoms with van der Waals surface area (Å²) in [6.07, 6.45) is 0. The fourth-order valence-electron chi connectivity index (χ4n) is 10.7. The van der Waals surface area contributed by atoms with Crippen LogP contribution in [0.15, 0.2) is 218 Å². The van der Waals surface area contributed by atoms with Crippen molar-refractivity contribution >= 4 is 81.1 Å². The lowest BCUT2D eigenvalue weighted by molar-refractivity contribution is 0.660. The fraction of sp³-hybridized carbons (Fsp3) is 0.0492. The van der Waals surface area contributed by atoms with E-state index in [0.717, 1.165) is 17.1 Å². The monoisotopic (exact) mass is 834 g/mol. The average molecular weight is 835 g/mol. The highest BCUT2D eigenvalue weighted by Gasteiger charge is 2.35. The molecule has 0 atom stereocenters. The van der Waals surface area contributed by atoms with E-state index in [2.05, 4.69) is 242 Å². The number of rotatable bonds is 6. The molecule has 0 unspecified atom stereocenters.